The number of aliphatic hydroxyl groups is 2. The number of hydrogen-bond donors (Lipinski definition) is 3. The molecule has 0 aromatic heterocycles. The number of likely N-dealkylation sites (N-methyl/N-ethyl adjacent to an activating group) is 1. The molecule has 4 aliphatic rings. The molecular weight excluding hydrogens is 434 g/mol. The molecule has 188 valence electrons. The molecule has 0 aromatic carbocycles. The van der Waals surface area contributed by atoms with Crippen LogP contribution in [-0.2, 0) is 14.4 Å². The van der Waals surface area contributed by atoms with E-state index in [4.69, 9.17) is 0 Å². The zero-order valence-corrected chi connectivity index (χ0v) is 21.2. The van der Waals surface area contributed by atoms with E-state index in [9.17, 15) is 24.6 Å². The summed E-state index contributed by atoms with van der Waals surface area (Å²) in [6.45, 7) is 3.71. The summed E-state index contributed by atoms with van der Waals surface area (Å²) >= 11 is 0. The van der Waals surface area contributed by atoms with Crippen molar-refractivity contribution in [3.8, 4) is 0 Å². The maximum absolute atomic E-state index is 13.7. The second-order valence-electron chi connectivity index (χ2n) is 12.5. The van der Waals surface area contributed by atoms with Crippen molar-refractivity contribution in [3.05, 3.63) is 11.6 Å². The van der Waals surface area contributed by atoms with Gasteiger partial charge in [-0.3, -0.25) is 14.4 Å². The Kier molecular flexibility index (Phi) is 6.19. The molecule has 0 unspecified atom stereocenters. The number of Topliss-reactive ketones (excluding diaryl/α,β-unsaturated/α-hetero) is 2. The lowest BCUT2D eigenvalue weighted by molar-refractivity contribution is -0.862. The Morgan fingerprint density at radius 1 is 1.18 bits per heavy atom. The second kappa shape index (κ2) is 8.35. The van der Waals surface area contributed by atoms with Gasteiger partial charge in [-0.15, -0.1) is 0 Å². The first kappa shape index (κ1) is 25.2. The van der Waals surface area contributed by atoms with E-state index in [-0.39, 0.29) is 41.3 Å². The third-order valence-electron chi connectivity index (χ3n) is 9.37. The molecule has 0 bridgehead atoms. The van der Waals surface area contributed by atoms with Gasteiger partial charge in [-0.1, -0.05) is 19.4 Å². The summed E-state index contributed by atoms with van der Waals surface area (Å²) < 4.78 is 0.528. The van der Waals surface area contributed by atoms with Gasteiger partial charge in [0, 0.05) is 17.8 Å². The largest absolute Gasteiger partial charge is 0.388 e. The van der Waals surface area contributed by atoms with Crippen LogP contribution < -0.4 is 5.43 Å². The van der Waals surface area contributed by atoms with Crippen molar-refractivity contribution in [2.75, 3.05) is 34.3 Å². The van der Waals surface area contributed by atoms with Crippen LogP contribution >= 0.6 is 0 Å². The van der Waals surface area contributed by atoms with Crippen molar-refractivity contribution < 1.29 is 29.1 Å². The Hall–Kier alpha value is -1.90. The van der Waals surface area contributed by atoms with E-state index < -0.39 is 23.4 Å². The molecule has 3 saturated carbocycles. The minimum Gasteiger partial charge on any atom is -0.388 e. The number of amides is 1. The van der Waals surface area contributed by atoms with E-state index in [0.29, 0.717) is 30.3 Å². The maximum Gasteiger partial charge on any atom is 0.295 e. The van der Waals surface area contributed by atoms with Crippen LogP contribution in [-0.4, -0.2) is 77.8 Å². The van der Waals surface area contributed by atoms with E-state index >= 15 is 0 Å². The molecule has 0 radical (unpaired) electrons. The molecule has 34 heavy (non-hydrogen) atoms. The van der Waals surface area contributed by atoms with Crippen LogP contribution in [0.1, 0.15) is 58.8 Å². The summed E-state index contributed by atoms with van der Waals surface area (Å²) in [5, 5.41) is 25.2. The Morgan fingerprint density at radius 2 is 1.88 bits per heavy atom. The van der Waals surface area contributed by atoms with Gasteiger partial charge < -0.3 is 14.7 Å². The van der Waals surface area contributed by atoms with Gasteiger partial charge in [0.15, 0.2) is 12.3 Å². The maximum atomic E-state index is 13.7. The Bertz CT molecular complexity index is 966. The van der Waals surface area contributed by atoms with Crippen molar-refractivity contribution in [3.63, 3.8) is 0 Å². The average Bonchev–Trinajstić information content (AvgIpc) is 3.01. The highest BCUT2D eigenvalue weighted by atomic mass is 16.3. The zero-order valence-electron chi connectivity index (χ0n) is 21.2. The number of nitrogens with zero attached hydrogens (tertiary/aromatic N) is 2. The molecule has 0 spiro atoms. The van der Waals surface area contributed by atoms with Crippen molar-refractivity contribution in [1.82, 2.24) is 5.43 Å². The Morgan fingerprint density at radius 3 is 2.53 bits per heavy atom. The zero-order chi connectivity index (χ0) is 25.1. The number of hydrogen-bond acceptors (Lipinski definition) is 6. The van der Waals surface area contributed by atoms with E-state index in [1.807, 2.05) is 28.1 Å². The van der Waals surface area contributed by atoms with E-state index in [1.54, 1.807) is 0 Å². The third-order valence-corrected chi connectivity index (χ3v) is 9.37. The number of carbonyl (C=O) groups is 3. The summed E-state index contributed by atoms with van der Waals surface area (Å²) in [4.78, 5) is 38.4. The van der Waals surface area contributed by atoms with E-state index in [1.165, 1.54) is 5.57 Å². The third kappa shape index (κ3) is 3.88. The Labute approximate surface area is 202 Å². The number of carbonyl (C=O) groups excluding carboxylic acids is 3. The van der Waals surface area contributed by atoms with Gasteiger partial charge >= 0.3 is 0 Å². The summed E-state index contributed by atoms with van der Waals surface area (Å²) in [6, 6.07) is 0. The molecule has 4 aliphatic carbocycles. The number of allylic oxidation sites excluding steroid dienone is 2. The summed E-state index contributed by atoms with van der Waals surface area (Å²) in [5.74, 6) is -0.484. The lowest BCUT2D eigenvalue weighted by Gasteiger charge is -2.57. The molecule has 3 N–H and O–H groups in total. The lowest BCUT2D eigenvalue weighted by Crippen LogP contribution is -2.61. The summed E-state index contributed by atoms with van der Waals surface area (Å²) in [7, 11) is 5.86. The van der Waals surface area contributed by atoms with E-state index in [2.05, 4.69) is 23.5 Å². The molecule has 0 saturated heterocycles. The van der Waals surface area contributed by atoms with Crippen molar-refractivity contribution in [2.24, 2.45) is 33.7 Å². The van der Waals surface area contributed by atoms with Crippen molar-refractivity contribution in [2.45, 2.75) is 64.4 Å². The molecule has 8 nitrogen and oxygen atoms in total. The monoisotopic (exact) mass is 474 g/mol. The van der Waals surface area contributed by atoms with Crippen LogP contribution in [0.15, 0.2) is 16.8 Å². The topological polar surface area (TPSA) is 116 Å². The first-order chi connectivity index (χ1) is 15.7. The van der Waals surface area contributed by atoms with Crippen LogP contribution in [0.3, 0.4) is 0 Å². The first-order valence-electron chi connectivity index (χ1n) is 12.5. The number of hydrazone groups is 1. The Balaban J connectivity index is 1.57. The van der Waals surface area contributed by atoms with Crippen LogP contribution in [0.2, 0.25) is 0 Å². The number of fused-ring (bicyclic) bond motifs is 5. The number of aliphatic hydroxyl groups excluding tert-OH is 1. The van der Waals surface area contributed by atoms with Crippen LogP contribution in [0.4, 0.5) is 0 Å². The van der Waals surface area contributed by atoms with Crippen LogP contribution in [0.25, 0.3) is 0 Å². The first-order valence-corrected chi connectivity index (χ1v) is 12.5. The SMILES string of the molecule is C[C@]12CC/C(=N/NC(=O)C[N+](C)(C)C)C=C1CC[C@@H]1[C@@H]2C(=O)C[C@@]2(C)[C@H]1CC[C@]2(O)C(=O)CO. The fourth-order valence-electron chi connectivity index (χ4n) is 7.68. The molecule has 4 rings (SSSR count). The highest BCUT2D eigenvalue weighted by Crippen LogP contribution is 2.66. The summed E-state index contributed by atoms with van der Waals surface area (Å²) in [6.07, 6.45) is 6.42. The van der Waals surface area contributed by atoms with Gasteiger partial charge in [0.05, 0.1) is 26.9 Å². The standard InChI is InChI=1S/C26H39N3O5/c1-24-10-8-17(27-28-22(33)14-29(3,4)5)12-16(24)6-7-18-19-9-11-26(34,21(32)15-30)25(19,2)13-20(31)23(18)24/h12,18-19,23,30,34H,6-11,13-15H2,1-5H3/p+1/b27-17-/t18-,19-,23+,24-,25-,26-/m0/s1. The average molecular weight is 475 g/mol. The molecule has 0 heterocycles. The quantitative estimate of drug-likeness (QED) is 0.413. The van der Waals surface area contributed by atoms with Gasteiger partial charge in [-0.2, -0.15) is 5.10 Å². The van der Waals surface area contributed by atoms with Crippen molar-refractivity contribution in [1.29, 1.82) is 0 Å². The highest BCUT2D eigenvalue weighted by Gasteiger charge is 2.68. The molecule has 1 amide bonds. The number of quaternary nitrogens is 1. The molecule has 8 heteroatoms. The fourth-order valence-corrected chi connectivity index (χ4v) is 7.68. The van der Waals surface area contributed by atoms with Crippen molar-refractivity contribution >= 4 is 23.2 Å². The molecule has 3 fully saturated rings. The number of nitrogens with one attached hydrogen (secondary N) is 1. The van der Waals surface area contributed by atoms with Gasteiger partial charge in [0.2, 0.25) is 0 Å². The predicted molar refractivity (Wildman–Crippen MR) is 128 cm³/mol. The van der Waals surface area contributed by atoms with Crippen LogP contribution in [0.5, 0.6) is 0 Å². The molecule has 0 aromatic rings. The highest BCUT2D eigenvalue weighted by molar-refractivity contribution is 5.98. The molecular formula is C26H40N3O5+. The minimum atomic E-state index is -1.62. The molecule has 0 aliphatic heterocycles. The smallest absolute Gasteiger partial charge is 0.295 e. The predicted octanol–water partition coefficient (Wildman–Crippen LogP) is 1.60. The van der Waals surface area contributed by atoms with Crippen LogP contribution in [0, 0.1) is 28.6 Å². The lowest BCUT2D eigenvalue weighted by atomic mass is 9.46. The second-order valence-corrected chi connectivity index (χ2v) is 12.5. The minimum absolute atomic E-state index is 0.0824. The van der Waals surface area contributed by atoms with E-state index in [0.717, 1.165) is 25.0 Å². The van der Waals surface area contributed by atoms with Gasteiger partial charge in [-0.25, -0.2) is 5.43 Å². The van der Waals surface area contributed by atoms with Gasteiger partial charge in [0.25, 0.3) is 5.91 Å². The molecule has 6 atom stereocenters. The number of rotatable bonds is 5. The van der Waals surface area contributed by atoms with Gasteiger partial charge in [-0.05, 0) is 61.9 Å². The fraction of sp³-hybridized carbons (Fsp3) is 0.769. The van der Waals surface area contributed by atoms with Gasteiger partial charge in [0.1, 0.15) is 18.0 Å². The number of ketones is 2. The summed E-state index contributed by atoms with van der Waals surface area (Å²) in [5.41, 5.74) is 2.03. The normalized spacial score (nSPS) is 40.8.